The number of aromatic nitrogens is 3. The summed E-state index contributed by atoms with van der Waals surface area (Å²) in [5.41, 5.74) is 5.02. The number of hydrogen-bond acceptors (Lipinski definition) is 4. The van der Waals surface area contributed by atoms with E-state index in [9.17, 15) is 5.11 Å². The van der Waals surface area contributed by atoms with Gasteiger partial charge in [-0.1, -0.05) is 48.5 Å². The van der Waals surface area contributed by atoms with Crippen LogP contribution in [0.25, 0.3) is 16.7 Å². The molecule has 0 atom stereocenters. The van der Waals surface area contributed by atoms with E-state index in [1.54, 1.807) is 6.07 Å². The Kier molecular flexibility index (Phi) is 4.18. The average Bonchev–Trinajstić information content (AvgIpc) is 3.21. The Morgan fingerprint density at radius 1 is 0.586 bits per heavy atom. The van der Waals surface area contributed by atoms with Gasteiger partial charge in [0.15, 0.2) is 0 Å². The van der Waals surface area contributed by atoms with E-state index in [-0.39, 0.29) is 5.75 Å². The van der Waals surface area contributed by atoms with Crippen LogP contribution in [-0.2, 0) is 0 Å². The average molecular weight is 378 g/mol. The predicted molar refractivity (Wildman–Crippen MR) is 115 cm³/mol. The van der Waals surface area contributed by atoms with Crippen LogP contribution in [0.4, 0.5) is 17.1 Å². The lowest BCUT2D eigenvalue weighted by Crippen LogP contribution is -2.10. The SMILES string of the molecule is Oc1ccc(N(c2ccccc2)c2ccccc2)cc1-n1nc2ccccc2n1. The molecule has 0 unspecified atom stereocenters. The molecular weight excluding hydrogens is 360 g/mol. The van der Waals surface area contributed by atoms with Crippen molar-refractivity contribution in [1.82, 2.24) is 15.0 Å². The summed E-state index contributed by atoms with van der Waals surface area (Å²) in [5, 5.41) is 19.6. The minimum absolute atomic E-state index is 0.120. The molecule has 5 aromatic rings. The number of fused-ring (bicyclic) bond motifs is 1. The summed E-state index contributed by atoms with van der Waals surface area (Å²) in [6.07, 6.45) is 0. The molecule has 1 N–H and O–H groups in total. The van der Waals surface area contributed by atoms with Crippen LogP contribution < -0.4 is 4.90 Å². The van der Waals surface area contributed by atoms with Gasteiger partial charge in [0, 0.05) is 17.1 Å². The van der Waals surface area contributed by atoms with Crippen LogP contribution in [0, 0.1) is 0 Å². The second-order valence-electron chi connectivity index (χ2n) is 6.66. The van der Waals surface area contributed by atoms with Gasteiger partial charge in [-0.25, -0.2) is 0 Å². The van der Waals surface area contributed by atoms with E-state index in [2.05, 4.69) is 39.4 Å². The van der Waals surface area contributed by atoms with Gasteiger partial charge in [0.2, 0.25) is 0 Å². The molecular formula is C24H18N4O. The van der Waals surface area contributed by atoms with Crippen LogP contribution in [0.3, 0.4) is 0 Å². The zero-order valence-electron chi connectivity index (χ0n) is 15.6. The van der Waals surface area contributed by atoms with Crippen molar-refractivity contribution in [2.45, 2.75) is 0 Å². The van der Waals surface area contributed by atoms with E-state index in [0.717, 1.165) is 28.1 Å². The predicted octanol–water partition coefficient (Wildman–Crippen LogP) is 5.60. The monoisotopic (exact) mass is 378 g/mol. The molecule has 1 aromatic heterocycles. The smallest absolute Gasteiger partial charge is 0.143 e. The topological polar surface area (TPSA) is 54.2 Å². The Bertz CT molecular complexity index is 1190. The van der Waals surface area contributed by atoms with E-state index < -0.39 is 0 Å². The molecule has 0 aliphatic heterocycles. The number of anilines is 3. The van der Waals surface area contributed by atoms with Crippen LogP contribution in [0.5, 0.6) is 5.75 Å². The molecule has 140 valence electrons. The Labute approximate surface area is 168 Å². The van der Waals surface area contributed by atoms with Crippen molar-refractivity contribution in [3.05, 3.63) is 103 Å². The number of aromatic hydroxyl groups is 1. The molecule has 0 bridgehead atoms. The number of para-hydroxylation sites is 2. The van der Waals surface area contributed by atoms with Crippen molar-refractivity contribution in [3.63, 3.8) is 0 Å². The van der Waals surface area contributed by atoms with Crippen LogP contribution in [0.1, 0.15) is 0 Å². The molecule has 0 saturated heterocycles. The number of benzene rings is 4. The Hall–Kier alpha value is -4.12. The van der Waals surface area contributed by atoms with Gasteiger partial charge in [-0.2, -0.15) is 0 Å². The number of rotatable bonds is 4. The van der Waals surface area contributed by atoms with E-state index >= 15 is 0 Å². The molecule has 0 saturated carbocycles. The van der Waals surface area contributed by atoms with Crippen molar-refractivity contribution in [3.8, 4) is 11.4 Å². The number of nitrogens with zero attached hydrogens (tertiary/aromatic N) is 4. The molecule has 0 spiro atoms. The van der Waals surface area contributed by atoms with Gasteiger partial charge >= 0.3 is 0 Å². The van der Waals surface area contributed by atoms with E-state index in [1.807, 2.05) is 72.8 Å². The van der Waals surface area contributed by atoms with Crippen LogP contribution in [-0.4, -0.2) is 20.1 Å². The lowest BCUT2D eigenvalue weighted by Gasteiger charge is -2.25. The van der Waals surface area contributed by atoms with E-state index in [4.69, 9.17) is 0 Å². The maximum atomic E-state index is 10.5. The summed E-state index contributed by atoms with van der Waals surface area (Å²) in [6, 6.07) is 33.4. The molecule has 0 aliphatic carbocycles. The maximum absolute atomic E-state index is 10.5. The largest absolute Gasteiger partial charge is 0.506 e. The zero-order chi connectivity index (χ0) is 19.6. The molecule has 5 heteroatoms. The highest BCUT2D eigenvalue weighted by molar-refractivity contribution is 5.78. The summed E-state index contributed by atoms with van der Waals surface area (Å²) >= 11 is 0. The van der Waals surface area contributed by atoms with E-state index in [1.165, 1.54) is 4.80 Å². The lowest BCUT2D eigenvalue weighted by atomic mass is 10.1. The number of phenols is 1. The second kappa shape index (κ2) is 7.13. The highest BCUT2D eigenvalue weighted by atomic mass is 16.3. The summed E-state index contributed by atoms with van der Waals surface area (Å²) < 4.78 is 0. The zero-order valence-corrected chi connectivity index (χ0v) is 15.6. The highest BCUT2D eigenvalue weighted by Crippen LogP contribution is 2.37. The Morgan fingerprint density at radius 3 is 1.66 bits per heavy atom. The first-order valence-corrected chi connectivity index (χ1v) is 9.35. The molecule has 0 aliphatic rings. The number of hydrogen-bond donors (Lipinski definition) is 1. The Balaban J connectivity index is 1.67. The minimum atomic E-state index is 0.120. The van der Waals surface area contributed by atoms with Gasteiger partial charge in [0.05, 0.1) is 0 Å². The van der Waals surface area contributed by atoms with Gasteiger partial charge in [-0.05, 0) is 54.6 Å². The fourth-order valence-electron chi connectivity index (χ4n) is 3.38. The van der Waals surface area contributed by atoms with Crippen molar-refractivity contribution in [1.29, 1.82) is 0 Å². The van der Waals surface area contributed by atoms with Gasteiger partial charge in [-0.3, -0.25) is 0 Å². The third-order valence-corrected chi connectivity index (χ3v) is 4.75. The minimum Gasteiger partial charge on any atom is -0.506 e. The summed E-state index contributed by atoms with van der Waals surface area (Å²) in [5.74, 6) is 0.120. The first-order chi connectivity index (χ1) is 14.3. The molecule has 5 rings (SSSR count). The Morgan fingerprint density at radius 2 is 1.10 bits per heavy atom. The van der Waals surface area contributed by atoms with Crippen molar-refractivity contribution in [2.24, 2.45) is 0 Å². The molecule has 0 radical (unpaired) electrons. The van der Waals surface area contributed by atoms with Gasteiger partial charge < -0.3 is 10.0 Å². The van der Waals surface area contributed by atoms with Crippen LogP contribution in [0.2, 0.25) is 0 Å². The van der Waals surface area contributed by atoms with Gasteiger partial charge in [-0.15, -0.1) is 15.0 Å². The third-order valence-electron chi connectivity index (χ3n) is 4.75. The van der Waals surface area contributed by atoms with Crippen LogP contribution >= 0.6 is 0 Å². The first-order valence-electron chi connectivity index (χ1n) is 9.35. The van der Waals surface area contributed by atoms with Gasteiger partial charge in [0.25, 0.3) is 0 Å². The maximum Gasteiger partial charge on any atom is 0.143 e. The molecule has 4 aromatic carbocycles. The highest BCUT2D eigenvalue weighted by Gasteiger charge is 2.16. The quantitative estimate of drug-likeness (QED) is 0.442. The molecule has 1 heterocycles. The summed E-state index contributed by atoms with van der Waals surface area (Å²) in [4.78, 5) is 3.61. The normalized spacial score (nSPS) is 10.9. The van der Waals surface area contributed by atoms with Crippen molar-refractivity contribution >= 4 is 28.1 Å². The molecule has 5 nitrogen and oxygen atoms in total. The summed E-state index contributed by atoms with van der Waals surface area (Å²) in [7, 11) is 0. The standard InChI is InChI=1S/C24H18N4O/c29-24-16-15-20(17-23(24)28-25-21-13-7-8-14-22(21)26-28)27(18-9-3-1-4-10-18)19-11-5-2-6-12-19/h1-17,29H. The molecule has 29 heavy (non-hydrogen) atoms. The molecule has 0 amide bonds. The number of phenolic OH excluding ortho intramolecular Hbond substituents is 1. The fraction of sp³-hybridized carbons (Fsp3) is 0. The summed E-state index contributed by atoms with van der Waals surface area (Å²) in [6.45, 7) is 0. The van der Waals surface area contributed by atoms with E-state index in [0.29, 0.717) is 5.69 Å². The second-order valence-corrected chi connectivity index (χ2v) is 6.66. The van der Waals surface area contributed by atoms with Crippen LogP contribution in [0.15, 0.2) is 103 Å². The lowest BCUT2D eigenvalue weighted by molar-refractivity contribution is 0.468. The third kappa shape index (κ3) is 3.19. The van der Waals surface area contributed by atoms with Crippen molar-refractivity contribution in [2.75, 3.05) is 4.90 Å². The fourth-order valence-corrected chi connectivity index (χ4v) is 3.38. The van der Waals surface area contributed by atoms with Crippen molar-refractivity contribution < 1.29 is 5.11 Å². The molecule has 0 fully saturated rings. The van der Waals surface area contributed by atoms with Gasteiger partial charge in [0.1, 0.15) is 22.5 Å². The first kappa shape index (κ1) is 17.0.